The summed E-state index contributed by atoms with van der Waals surface area (Å²) in [5, 5.41) is 9.12. The van der Waals surface area contributed by atoms with Crippen LogP contribution in [0.15, 0.2) is 0 Å². The summed E-state index contributed by atoms with van der Waals surface area (Å²) < 4.78 is 5.42. The van der Waals surface area contributed by atoms with Gasteiger partial charge in [-0.05, 0) is 46.5 Å². The summed E-state index contributed by atoms with van der Waals surface area (Å²) in [6, 6.07) is 2.30. The van der Waals surface area contributed by atoms with Crippen molar-refractivity contribution in [2.75, 3.05) is 0 Å². The van der Waals surface area contributed by atoms with E-state index in [1.165, 1.54) is 0 Å². The Morgan fingerprint density at radius 1 is 1.39 bits per heavy atom. The molecule has 0 aromatic heterocycles. The minimum absolute atomic E-state index is 0.0586. The number of nitriles is 1. The van der Waals surface area contributed by atoms with Gasteiger partial charge in [0.15, 0.2) is 0 Å². The second-order valence-electron chi connectivity index (χ2n) is 6.45. The normalized spacial score (nSPS) is 35.2. The smallest absolute Gasteiger partial charge is 0.410 e. The van der Waals surface area contributed by atoms with Gasteiger partial charge in [-0.15, -0.1) is 0 Å². The molecule has 0 spiro atoms. The van der Waals surface area contributed by atoms with Crippen LogP contribution in [0.1, 0.15) is 46.5 Å². The van der Waals surface area contributed by atoms with E-state index in [0.717, 1.165) is 12.8 Å². The Hall–Kier alpha value is -1.28. The lowest BCUT2D eigenvalue weighted by Crippen LogP contribution is -2.57. The van der Waals surface area contributed by atoms with Crippen LogP contribution in [-0.4, -0.2) is 34.2 Å². The molecule has 0 saturated carbocycles. The van der Waals surface area contributed by atoms with Crippen molar-refractivity contribution in [2.45, 2.75) is 69.7 Å². The molecule has 2 fully saturated rings. The van der Waals surface area contributed by atoms with Gasteiger partial charge in [-0.3, -0.25) is 0 Å². The van der Waals surface area contributed by atoms with E-state index in [0.29, 0.717) is 12.8 Å². The average molecular weight is 251 g/mol. The number of fused-ring (bicyclic) bond motifs is 2. The monoisotopic (exact) mass is 251 g/mol. The van der Waals surface area contributed by atoms with Crippen LogP contribution in [0.2, 0.25) is 0 Å². The number of hydrogen-bond donors (Lipinski definition) is 1. The zero-order valence-corrected chi connectivity index (χ0v) is 11.3. The van der Waals surface area contributed by atoms with Crippen molar-refractivity contribution in [3.8, 4) is 6.07 Å². The SMILES string of the molecule is CC(C)(C)OC(=O)N1C2CCC1CC(N)(C#N)C2. The maximum absolute atomic E-state index is 12.2. The number of carbonyl (C=O) groups excluding carboxylic acids is 1. The third-order valence-electron chi connectivity index (χ3n) is 3.65. The molecule has 18 heavy (non-hydrogen) atoms. The van der Waals surface area contributed by atoms with Gasteiger partial charge in [-0.2, -0.15) is 5.26 Å². The number of ether oxygens (including phenoxy) is 1. The van der Waals surface area contributed by atoms with Crippen LogP contribution in [0, 0.1) is 11.3 Å². The molecule has 2 rings (SSSR count). The first-order valence-corrected chi connectivity index (χ1v) is 6.45. The molecule has 2 aliphatic heterocycles. The molecule has 2 bridgehead atoms. The van der Waals surface area contributed by atoms with Gasteiger partial charge in [-0.25, -0.2) is 4.79 Å². The Balaban J connectivity index is 2.10. The van der Waals surface area contributed by atoms with E-state index in [2.05, 4.69) is 6.07 Å². The fourth-order valence-corrected chi connectivity index (χ4v) is 2.99. The van der Waals surface area contributed by atoms with E-state index in [1.54, 1.807) is 4.90 Å². The predicted octanol–water partition coefficient (Wildman–Crippen LogP) is 1.77. The van der Waals surface area contributed by atoms with Crippen molar-refractivity contribution >= 4 is 6.09 Å². The van der Waals surface area contributed by atoms with Crippen LogP contribution in [0.5, 0.6) is 0 Å². The van der Waals surface area contributed by atoms with Gasteiger partial charge < -0.3 is 15.4 Å². The molecule has 0 aliphatic carbocycles. The molecule has 5 nitrogen and oxygen atoms in total. The fraction of sp³-hybridized carbons (Fsp3) is 0.846. The van der Waals surface area contributed by atoms with Gasteiger partial charge in [0, 0.05) is 12.1 Å². The summed E-state index contributed by atoms with van der Waals surface area (Å²) in [6.45, 7) is 5.58. The van der Waals surface area contributed by atoms with Crippen LogP contribution in [0.3, 0.4) is 0 Å². The standard InChI is InChI=1S/C13H21N3O2/c1-12(2,3)18-11(17)16-9-4-5-10(16)7-13(15,6-9)8-14/h9-10H,4-7,15H2,1-3H3. The summed E-state index contributed by atoms with van der Waals surface area (Å²) in [4.78, 5) is 14.0. The number of nitrogens with two attached hydrogens (primary N) is 1. The lowest BCUT2D eigenvalue weighted by molar-refractivity contribution is 0.00300. The van der Waals surface area contributed by atoms with Crippen molar-refractivity contribution in [3.63, 3.8) is 0 Å². The lowest BCUT2D eigenvalue weighted by Gasteiger charge is -2.41. The van der Waals surface area contributed by atoms with Crippen molar-refractivity contribution in [1.82, 2.24) is 4.90 Å². The van der Waals surface area contributed by atoms with Gasteiger partial charge in [0.2, 0.25) is 0 Å². The summed E-state index contributed by atoms with van der Waals surface area (Å²) in [6.07, 6.45) is 2.68. The molecule has 2 N–H and O–H groups in total. The van der Waals surface area contributed by atoms with Gasteiger partial charge in [0.1, 0.15) is 11.1 Å². The van der Waals surface area contributed by atoms with E-state index in [1.807, 2.05) is 20.8 Å². The highest BCUT2D eigenvalue weighted by Gasteiger charge is 2.49. The molecular weight excluding hydrogens is 230 g/mol. The molecule has 0 aromatic rings. The zero-order valence-electron chi connectivity index (χ0n) is 11.3. The van der Waals surface area contributed by atoms with Gasteiger partial charge in [-0.1, -0.05) is 0 Å². The Bertz CT molecular complexity index is 380. The number of nitrogens with zero attached hydrogens (tertiary/aromatic N) is 2. The Morgan fingerprint density at radius 3 is 2.28 bits per heavy atom. The maximum atomic E-state index is 12.2. The van der Waals surface area contributed by atoms with Crippen LogP contribution < -0.4 is 5.73 Å². The van der Waals surface area contributed by atoms with Crippen LogP contribution in [0.25, 0.3) is 0 Å². The lowest BCUT2D eigenvalue weighted by atomic mass is 9.85. The number of rotatable bonds is 0. The third kappa shape index (κ3) is 2.44. The molecule has 2 saturated heterocycles. The van der Waals surface area contributed by atoms with Crippen molar-refractivity contribution < 1.29 is 9.53 Å². The first kappa shape index (κ1) is 13.2. The molecule has 2 aliphatic rings. The number of piperidine rings is 1. The largest absolute Gasteiger partial charge is 0.444 e. The van der Waals surface area contributed by atoms with Crippen molar-refractivity contribution in [2.24, 2.45) is 5.73 Å². The summed E-state index contributed by atoms with van der Waals surface area (Å²) in [5.41, 5.74) is 4.77. The van der Waals surface area contributed by atoms with Crippen LogP contribution >= 0.6 is 0 Å². The van der Waals surface area contributed by atoms with E-state index >= 15 is 0 Å². The van der Waals surface area contributed by atoms with Gasteiger partial charge in [0.05, 0.1) is 6.07 Å². The van der Waals surface area contributed by atoms with E-state index < -0.39 is 11.1 Å². The molecule has 100 valence electrons. The quantitative estimate of drug-likeness (QED) is 0.711. The molecule has 0 aromatic carbocycles. The van der Waals surface area contributed by atoms with Crippen molar-refractivity contribution in [3.05, 3.63) is 0 Å². The zero-order chi connectivity index (χ0) is 13.6. The van der Waals surface area contributed by atoms with E-state index in [-0.39, 0.29) is 18.2 Å². The maximum Gasteiger partial charge on any atom is 0.410 e. The molecule has 2 heterocycles. The Morgan fingerprint density at radius 2 is 1.89 bits per heavy atom. The Labute approximate surface area is 108 Å². The first-order valence-electron chi connectivity index (χ1n) is 6.45. The number of amides is 1. The highest BCUT2D eigenvalue weighted by Crippen LogP contribution is 2.40. The summed E-state index contributed by atoms with van der Waals surface area (Å²) >= 11 is 0. The summed E-state index contributed by atoms with van der Waals surface area (Å²) in [5.74, 6) is 0. The Kier molecular flexibility index (Phi) is 3.02. The van der Waals surface area contributed by atoms with Crippen LogP contribution in [0.4, 0.5) is 4.79 Å². The number of hydrogen-bond acceptors (Lipinski definition) is 4. The van der Waals surface area contributed by atoms with E-state index in [9.17, 15) is 4.79 Å². The van der Waals surface area contributed by atoms with Crippen molar-refractivity contribution in [1.29, 1.82) is 5.26 Å². The number of carbonyl (C=O) groups is 1. The van der Waals surface area contributed by atoms with E-state index in [4.69, 9.17) is 15.7 Å². The highest BCUT2D eigenvalue weighted by atomic mass is 16.6. The fourth-order valence-electron chi connectivity index (χ4n) is 2.99. The second-order valence-corrected chi connectivity index (χ2v) is 6.45. The summed E-state index contributed by atoms with van der Waals surface area (Å²) in [7, 11) is 0. The molecule has 2 unspecified atom stereocenters. The molecule has 1 amide bonds. The van der Waals surface area contributed by atoms with Gasteiger partial charge in [0.25, 0.3) is 0 Å². The minimum Gasteiger partial charge on any atom is -0.444 e. The van der Waals surface area contributed by atoms with Crippen LogP contribution in [-0.2, 0) is 4.74 Å². The highest BCUT2D eigenvalue weighted by molar-refractivity contribution is 5.70. The molecule has 2 atom stereocenters. The average Bonchev–Trinajstić information content (AvgIpc) is 2.50. The first-order chi connectivity index (χ1) is 8.24. The van der Waals surface area contributed by atoms with Gasteiger partial charge >= 0.3 is 6.09 Å². The second kappa shape index (κ2) is 4.13. The topological polar surface area (TPSA) is 79.3 Å². The molecular formula is C13H21N3O2. The molecule has 0 radical (unpaired) electrons. The predicted molar refractivity (Wildman–Crippen MR) is 66.6 cm³/mol. The molecule has 5 heteroatoms. The third-order valence-corrected chi connectivity index (χ3v) is 3.65. The minimum atomic E-state index is -0.773.